The normalized spacial score (nSPS) is 16.2. The molecule has 1 aromatic carbocycles. The molecule has 1 unspecified atom stereocenters. The molecule has 0 bridgehead atoms. The predicted molar refractivity (Wildman–Crippen MR) is 110 cm³/mol. The van der Waals surface area contributed by atoms with Gasteiger partial charge in [0.1, 0.15) is 5.82 Å². The van der Waals surface area contributed by atoms with Crippen LogP contribution < -0.4 is 16.6 Å². The quantitative estimate of drug-likeness (QED) is 0.677. The Balaban J connectivity index is 1.60. The Morgan fingerprint density at radius 1 is 1.21 bits per heavy atom. The van der Waals surface area contributed by atoms with Crippen LogP contribution in [-0.4, -0.2) is 27.7 Å². The van der Waals surface area contributed by atoms with Gasteiger partial charge in [-0.3, -0.25) is 4.79 Å². The molecule has 1 saturated heterocycles. The smallest absolute Gasteiger partial charge is 0.252 e. The average molecular weight is 379 g/mol. The molecule has 3 heterocycles. The number of ether oxygens (including phenoxy) is 1. The van der Waals surface area contributed by atoms with Crippen LogP contribution >= 0.6 is 0 Å². The van der Waals surface area contributed by atoms with Gasteiger partial charge in [-0.05, 0) is 49.4 Å². The molecule has 1 aliphatic rings. The SMILES string of the molecule is CC(Nc1cc(=O)n(C)c2ccc(N)cc12)c1ncc(C2CCOCC2)cn1. The molecular formula is C21H25N5O2. The lowest BCUT2D eigenvalue weighted by Gasteiger charge is -2.22. The number of nitrogen functional groups attached to an aromatic ring is 1. The van der Waals surface area contributed by atoms with E-state index < -0.39 is 0 Å². The van der Waals surface area contributed by atoms with E-state index in [-0.39, 0.29) is 11.6 Å². The first-order valence-corrected chi connectivity index (χ1v) is 9.58. The standard InChI is InChI=1S/C21H25N5O2/c1-13(21-23-11-15(12-24-21)14-5-7-28-8-6-14)25-18-10-20(27)26(2)19-4-3-16(22)9-17(18)19/h3-4,9-14,25H,5-8,22H2,1-2H3. The van der Waals surface area contributed by atoms with Gasteiger partial charge in [0.15, 0.2) is 0 Å². The Kier molecular flexibility index (Phi) is 5.00. The number of hydrogen-bond donors (Lipinski definition) is 2. The number of fused-ring (bicyclic) bond motifs is 1. The zero-order valence-corrected chi connectivity index (χ0v) is 16.2. The topological polar surface area (TPSA) is 95.1 Å². The minimum atomic E-state index is -0.152. The van der Waals surface area contributed by atoms with E-state index in [0.29, 0.717) is 17.4 Å². The highest BCUT2D eigenvalue weighted by atomic mass is 16.5. The minimum absolute atomic E-state index is 0.0808. The van der Waals surface area contributed by atoms with Crippen molar-refractivity contribution in [3.05, 3.63) is 58.4 Å². The van der Waals surface area contributed by atoms with Crippen LogP contribution in [-0.2, 0) is 11.8 Å². The maximum Gasteiger partial charge on any atom is 0.252 e. The van der Waals surface area contributed by atoms with Gasteiger partial charge in [0.05, 0.1) is 11.6 Å². The fourth-order valence-corrected chi connectivity index (χ4v) is 3.71. The molecule has 0 aliphatic carbocycles. The summed E-state index contributed by atoms with van der Waals surface area (Å²) in [5.74, 6) is 1.16. The molecule has 0 amide bonds. The third-order valence-electron chi connectivity index (χ3n) is 5.41. The second-order valence-electron chi connectivity index (χ2n) is 7.36. The summed E-state index contributed by atoms with van der Waals surface area (Å²) in [6.45, 7) is 3.58. The number of hydrogen-bond acceptors (Lipinski definition) is 6. The summed E-state index contributed by atoms with van der Waals surface area (Å²) >= 11 is 0. The highest BCUT2D eigenvalue weighted by molar-refractivity contribution is 5.93. The molecule has 3 N–H and O–H groups in total. The van der Waals surface area contributed by atoms with Gasteiger partial charge in [0, 0.05) is 55.5 Å². The van der Waals surface area contributed by atoms with Gasteiger partial charge in [-0.1, -0.05) is 0 Å². The van der Waals surface area contributed by atoms with E-state index in [4.69, 9.17) is 10.5 Å². The summed E-state index contributed by atoms with van der Waals surface area (Å²) in [7, 11) is 1.76. The minimum Gasteiger partial charge on any atom is -0.399 e. The largest absolute Gasteiger partial charge is 0.399 e. The molecule has 0 radical (unpaired) electrons. The Bertz CT molecular complexity index is 1040. The van der Waals surface area contributed by atoms with E-state index in [1.54, 1.807) is 23.7 Å². The van der Waals surface area contributed by atoms with Gasteiger partial charge in [0.25, 0.3) is 5.56 Å². The van der Waals surface area contributed by atoms with Crippen LogP contribution in [0.4, 0.5) is 11.4 Å². The number of benzene rings is 1. The third kappa shape index (κ3) is 3.57. The van der Waals surface area contributed by atoms with E-state index in [9.17, 15) is 4.79 Å². The first kappa shape index (κ1) is 18.4. The first-order chi connectivity index (χ1) is 13.5. The Morgan fingerprint density at radius 3 is 2.64 bits per heavy atom. The van der Waals surface area contributed by atoms with Crippen molar-refractivity contribution in [3.63, 3.8) is 0 Å². The molecular weight excluding hydrogens is 354 g/mol. The molecule has 0 saturated carbocycles. The number of nitrogens with one attached hydrogen (secondary N) is 1. The first-order valence-electron chi connectivity index (χ1n) is 9.58. The molecule has 2 aromatic heterocycles. The lowest BCUT2D eigenvalue weighted by Crippen LogP contribution is -2.19. The van der Waals surface area contributed by atoms with Crippen LogP contribution in [0.15, 0.2) is 41.5 Å². The maximum atomic E-state index is 12.3. The highest BCUT2D eigenvalue weighted by Crippen LogP contribution is 2.28. The van der Waals surface area contributed by atoms with Crippen molar-refractivity contribution in [1.29, 1.82) is 0 Å². The van der Waals surface area contributed by atoms with Crippen LogP contribution in [0.5, 0.6) is 0 Å². The van der Waals surface area contributed by atoms with Gasteiger partial charge in [-0.25, -0.2) is 9.97 Å². The number of anilines is 2. The Labute approximate surface area is 163 Å². The summed E-state index contributed by atoms with van der Waals surface area (Å²) in [6.07, 6.45) is 5.85. The molecule has 7 heteroatoms. The van der Waals surface area contributed by atoms with E-state index in [1.807, 2.05) is 31.5 Å². The zero-order valence-electron chi connectivity index (χ0n) is 16.2. The Hall–Kier alpha value is -2.93. The number of nitrogens with two attached hydrogens (primary N) is 1. The number of rotatable bonds is 4. The van der Waals surface area contributed by atoms with Crippen LogP contribution in [0, 0.1) is 0 Å². The molecule has 7 nitrogen and oxygen atoms in total. The van der Waals surface area contributed by atoms with Crippen LogP contribution in [0.1, 0.15) is 43.1 Å². The predicted octanol–water partition coefficient (Wildman–Crippen LogP) is 2.98. The fraction of sp³-hybridized carbons (Fsp3) is 0.381. The maximum absolute atomic E-state index is 12.3. The fourth-order valence-electron chi connectivity index (χ4n) is 3.71. The van der Waals surface area contributed by atoms with Gasteiger partial charge in [-0.15, -0.1) is 0 Å². The summed E-state index contributed by atoms with van der Waals surface area (Å²) < 4.78 is 7.04. The molecule has 1 atom stereocenters. The molecule has 0 spiro atoms. The highest BCUT2D eigenvalue weighted by Gasteiger charge is 2.18. The lowest BCUT2D eigenvalue weighted by atomic mass is 9.94. The number of nitrogens with zero attached hydrogens (tertiary/aromatic N) is 3. The summed E-state index contributed by atoms with van der Waals surface area (Å²) in [5.41, 5.74) is 9.25. The van der Waals surface area contributed by atoms with E-state index in [0.717, 1.165) is 48.2 Å². The second-order valence-corrected chi connectivity index (χ2v) is 7.36. The van der Waals surface area contributed by atoms with E-state index in [1.165, 1.54) is 0 Å². The van der Waals surface area contributed by atoms with Crippen molar-refractivity contribution in [2.75, 3.05) is 24.3 Å². The summed E-state index contributed by atoms with van der Waals surface area (Å²) in [5, 5.41) is 4.28. The van der Waals surface area contributed by atoms with Crippen LogP contribution in [0.2, 0.25) is 0 Å². The molecule has 146 valence electrons. The van der Waals surface area contributed by atoms with Crippen molar-refractivity contribution >= 4 is 22.3 Å². The van der Waals surface area contributed by atoms with Gasteiger partial charge in [-0.2, -0.15) is 0 Å². The number of pyridine rings is 1. The van der Waals surface area contributed by atoms with E-state index in [2.05, 4.69) is 15.3 Å². The van der Waals surface area contributed by atoms with Gasteiger partial charge < -0.3 is 20.4 Å². The monoisotopic (exact) mass is 379 g/mol. The molecule has 4 rings (SSSR count). The van der Waals surface area contributed by atoms with Crippen molar-refractivity contribution in [3.8, 4) is 0 Å². The third-order valence-corrected chi connectivity index (χ3v) is 5.41. The van der Waals surface area contributed by atoms with E-state index >= 15 is 0 Å². The van der Waals surface area contributed by atoms with Crippen molar-refractivity contribution in [1.82, 2.24) is 14.5 Å². The molecule has 28 heavy (non-hydrogen) atoms. The molecule has 1 fully saturated rings. The zero-order chi connectivity index (χ0) is 19.7. The summed E-state index contributed by atoms with van der Waals surface area (Å²) in [6, 6.07) is 6.97. The number of aryl methyl sites for hydroxylation is 1. The van der Waals surface area contributed by atoms with Crippen LogP contribution in [0.25, 0.3) is 10.9 Å². The van der Waals surface area contributed by atoms with Crippen molar-refractivity contribution in [2.45, 2.75) is 31.7 Å². The van der Waals surface area contributed by atoms with Crippen molar-refractivity contribution < 1.29 is 4.74 Å². The van der Waals surface area contributed by atoms with Gasteiger partial charge in [0.2, 0.25) is 0 Å². The Morgan fingerprint density at radius 2 is 1.93 bits per heavy atom. The average Bonchev–Trinajstić information content (AvgIpc) is 2.72. The second kappa shape index (κ2) is 7.59. The van der Waals surface area contributed by atoms with Crippen molar-refractivity contribution in [2.24, 2.45) is 7.05 Å². The summed E-state index contributed by atoms with van der Waals surface area (Å²) in [4.78, 5) is 21.5. The molecule has 3 aromatic rings. The van der Waals surface area contributed by atoms with Gasteiger partial charge >= 0.3 is 0 Å². The number of aromatic nitrogens is 3. The van der Waals surface area contributed by atoms with Crippen LogP contribution in [0.3, 0.4) is 0 Å². The lowest BCUT2D eigenvalue weighted by molar-refractivity contribution is 0.0852. The molecule has 1 aliphatic heterocycles.